The molecule has 0 spiro atoms. The standard InChI is InChI=1S/C73H120O6/c1-4-7-10-13-16-19-22-25-28-30-32-33-34-35-36-37-38-39-41-42-45-48-51-54-57-60-63-66-72(75)78-69-70(68-77-71(74)65-62-59-56-53-50-47-44-27-24-21-18-15-12-9-6-3)79-73(76)67-64-61-58-55-52-49-46-43-40-31-29-26-23-20-17-14-11-8-5-2/h8-9,11-12,17-18,20-21,26-27,29-30,32,40,43-44,49-50,52-53,59,62,70H,4-7,10,13-16,19,22-25,28,31,33-39,41-42,45-48,51,54-58,60-61,63-69H2,1-3H3/b11-8-,12-9-,20-17-,21-18-,29-26-,32-30-,43-40-,44-27-,52-49-,53-50-,62-59-. The summed E-state index contributed by atoms with van der Waals surface area (Å²) in [5.74, 6) is -1.09. The van der Waals surface area contributed by atoms with Crippen LogP contribution in [-0.4, -0.2) is 37.2 Å². The lowest BCUT2D eigenvalue weighted by molar-refractivity contribution is -0.166. The molecule has 0 N–H and O–H groups in total. The van der Waals surface area contributed by atoms with Gasteiger partial charge in [-0.25, -0.2) is 0 Å². The first-order valence-electron chi connectivity index (χ1n) is 32.7. The van der Waals surface area contributed by atoms with Crippen LogP contribution in [0.25, 0.3) is 0 Å². The Hall–Kier alpha value is -4.45. The molecule has 0 aromatic rings. The van der Waals surface area contributed by atoms with Crippen LogP contribution in [0.5, 0.6) is 0 Å². The molecule has 0 fully saturated rings. The molecule has 79 heavy (non-hydrogen) atoms. The van der Waals surface area contributed by atoms with Gasteiger partial charge in [-0.3, -0.25) is 14.4 Å². The molecule has 1 atom stereocenters. The van der Waals surface area contributed by atoms with E-state index < -0.39 is 12.1 Å². The fourth-order valence-corrected chi connectivity index (χ4v) is 8.83. The van der Waals surface area contributed by atoms with Crippen LogP contribution in [-0.2, 0) is 28.6 Å². The normalized spacial score (nSPS) is 13.0. The van der Waals surface area contributed by atoms with Crippen molar-refractivity contribution in [2.75, 3.05) is 13.2 Å². The zero-order valence-electron chi connectivity index (χ0n) is 51.3. The van der Waals surface area contributed by atoms with Crippen LogP contribution >= 0.6 is 0 Å². The average molecular weight is 1090 g/mol. The Bertz CT molecular complexity index is 1680. The van der Waals surface area contributed by atoms with E-state index in [9.17, 15) is 14.4 Å². The fraction of sp³-hybridized carbons (Fsp3) is 0.658. The third-order valence-corrected chi connectivity index (χ3v) is 13.7. The smallest absolute Gasteiger partial charge is 0.309 e. The van der Waals surface area contributed by atoms with Crippen molar-refractivity contribution < 1.29 is 28.6 Å². The van der Waals surface area contributed by atoms with Crippen LogP contribution in [0.1, 0.15) is 290 Å². The SMILES string of the molecule is CC/C=C\C/C=C\C/C=C\C/C=C\C/C=C\CCCCCC(=O)OC(COC(=O)C/C=C\C/C=C\C/C=C\C/C=C\C/C=C\CC)COC(=O)CCCCCCCCCCCCCCCCC/C=C\CCCCCCCCCC. The van der Waals surface area contributed by atoms with E-state index in [0.717, 1.165) is 103 Å². The van der Waals surface area contributed by atoms with Gasteiger partial charge in [0, 0.05) is 12.8 Å². The molecular weight excluding hydrogens is 973 g/mol. The topological polar surface area (TPSA) is 78.9 Å². The number of ether oxygens (including phenoxy) is 3. The van der Waals surface area contributed by atoms with Crippen molar-refractivity contribution >= 4 is 17.9 Å². The minimum Gasteiger partial charge on any atom is -0.462 e. The van der Waals surface area contributed by atoms with Crippen molar-refractivity contribution in [1.82, 2.24) is 0 Å². The second kappa shape index (κ2) is 66.1. The molecule has 448 valence electrons. The summed E-state index contributed by atoms with van der Waals surface area (Å²) >= 11 is 0. The molecule has 0 saturated heterocycles. The van der Waals surface area contributed by atoms with Crippen molar-refractivity contribution in [3.05, 3.63) is 134 Å². The lowest BCUT2D eigenvalue weighted by atomic mass is 10.0. The summed E-state index contributed by atoms with van der Waals surface area (Å²) in [5, 5.41) is 0. The molecule has 0 radical (unpaired) electrons. The van der Waals surface area contributed by atoms with Crippen LogP contribution in [0.2, 0.25) is 0 Å². The second-order valence-corrected chi connectivity index (χ2v) is 21.3. The summed E-state index contributed by atoms with van der Waals surface area (Å²) in [7, 11) is 0. The molecular formula is C73H120O6. The Labute approximate surface area is 487 Å². The van der Waals surface area contributed by atoms with E-state index >= 15 is 0 Å². The van der Waals surface area contributed by atoms with Gasteiger partial charge in [0.25, 0.3) is 0 Å². The van der Waals surface area contributed by atoms with Gasteiger partial charge in [0.05, 0.1) is 6.42 Å². The van der Waals surface area contributed by atoms with E-state index in [0.29, 0.717) is 12.8 Å². The number of esters is 3. The Kier molecular flexibility index (Phi) is 62.3. The van der Waals surface area contributed by atoms with Crippen LogP contribution in [0.4, 0.5) is 0 Å². The van der Waals surface area contributed by atoms with E-state index in [1.807, 2.05) is 6.08 Å². The quantitative estimate of drug-likeness (QED) is 0.0261. The summed E-state index contributed by atoms with van der Waals surface area (Å²) < 4.78 is 16.8. The number of carbonyl (C=O) groups excluding carboxylic acids is 3. The largest absolute Gasteiger partial charge is 0.462 e. The maximum atomic E-state index is 12.9. The van der Waals surface area contributed by atoms with Crippen LogP contribution < -0.4 is 0 Å². The van der Waals surface area contributed by atoms with Crippen LogP contribution in [0, 0.1) is 0 Å². The fourth-order valence-electron chi connectivity index (χ4n) is 8.83. The molecule has 0 aliphatic heterocycles. The number of hydrogen-bond acceptors (Lipinski definition) is 6. The van der Waals surface area contributed by atoms with E-state index in [4.69, 9.17) is 14.2 Å². The highest BCUT2D eigenvalue weighted by atomic mass is 16.6. The van der Waals surface area contributed by atoms with Gasteiger partial charge in [-0.1, -0.05) is 289 Å². The predicted octanol–water partition coefficient (Wildman–Crippen LogP) is 22.5. The van der Waals surface area contributed by atoms with Crippen molar-refractivity contribution in [2.45, 2.75) is 297 Å². The summed E-state index contributed by atoms with van der Waals surface area (Å²) in [4.78, 5) is 38.3. The van der Waals surface area contributed by atoms with Crippen LogP contribution in [0.15, 0.2) is 134 Å². The minimum atomic E-state index is -0.841. The van der Waals surface area contributed by atoms with E-state index in [2.05, 4.69) is 142 Å². The zero-order chi connectivity index (χ0) is 57.1. The molecule has 0 rings (SSSR count). The molecule has 0 amide bonds. The molecule has 0 aliphatic carbocycles. The lowest BCUT2D eigenvalue weighted by Crippen LogP contribution is -2.30. The first kappa shape index (κ1) is 74.5. The Morgan fingerprint density at radius 2 is 0.544 bits per heavy atom. The van der Waals surface area contributed by atoms with Crippen LogP contribution in [0.3, 0.4) is 0 Å². The highest BCUT2D eigenvalue weighted by Crippen LogP contribution is 2.16. The summed E-state index contributed by atoms with van der Waals surface area (Å²) in [6.45, 7) is 6.31. The molecule has 0 aliphatic rings. The Morgan fingerprint density at radius 1 is 0.278 bits per heavy atom. The molecule has 1 unspecified atom stereocenters. The van der Waals surface area contributed by atoms with E-state index in [1.165, 1.54) is 141 Å². The number of unbranched alkanes of at least 4 members (excludes halogenated alkanes) is 26. The average Bonchev–Trinajstić information content (AvgIpc) is 3.45. The maximum Gasteiger partial charge on any atom is 0.309 e. The summed E-state index contributed by atoms with van der Waals surface area (Å²) in [5.41, 5.74) is 0. The zero-order valence-corrected chi connectivity index (χ0v) is 51.3. The van der Waals surface area contributed by atoms with Gasteiger partial charge in [0.1, 0.15) is 13.2 Å². The molecule has 0 heterocycles. The monoisotopic (exact) mass is 1090 g/mol. The highest BCUT2D eigenvalue weighted by molar-refractivity contribution is 5.72. The summed E-state index contributed by atoms with van der Waals surface area (Å²) in [6, 6.07) is 0. The maximum absolute atomic E-state index is 12.9. The Morgan fingerprint density at radius 3 is 0.911 bits per heavy atom. The van der Waals surface area contributed by atoms with Gasteiger partial charge in [-0.05, 0) is 116 Å². The molecule has 0 aromatic carbocycles. The van der Waals surface area contributed by atoms with Gasteiger partial charge in [0.2, 0.25) is 0 Å². The molecule has 0 saturated carbocycles. The first-order chi connectivity index (χ1) is 39.0. The third-order valence-electron chi connectivity index (χ3n) is 13.7. The molecule has 0 aromatic heterocycles. The van der Waals surface area contributed by atoms with Gasteiger partial charge in [-0.2, -0.15) is 0 Å². The van der Waals surface area contributed by atoms with Gasteiger partial charge in [0.15, 0.2) is 6.10 Å². The molecule has 6 nitrogen and oxygen atoms in total. The van der Waals surface area contributed by atoms with Crippen molar-refractivity contribution in [2.24, 2.45) is 0 Å². The third kappa shape index (κ3) is 64.3. The first-order valence-corrected chi connectivity index (χ1v) is 32.7. The summed E-state index contributed by atoms with van der Waals surface area (Å²) in [6.07, 6.45) is 93.6. The van der Waals surface area contributed by atoms with Crippen molar-refractivity contribution in [3.8, 4) is 0 Å². The molecule has 6 heteroatoms. The van der Waals surface area contributed by atoms with E-state index in [-0.39, 0.29) is 38.0 Å². The number of hydrogen-bond donors (Lipinski definition) is 0. The highest BCUT2D eigenvalue weighted by Gasteiger charge is 2.19. The lowest BCUT2D eigenvalue weighted by Gasteiger charge is -2.18. The number of allylic oxidation sites excluding steroid dienone is 21. The van der Waals surface area contributed by atoms with Gasteiger partial charge in [-0.15, -0.1) is 0 Å². The molecule has 0 bridgehead atoms. The van der Waals surface area contributed by atoms with Gasteiger partial charge < -0.3 is 14.2 Å². The van der Waals surface area contributed by atoms with Crippen molar-refractivity contribution in [1.29, 1.82) is 0 Å². The van der Waals surface area contributed by atoms with Crippen molar-refractivity contribution in [3.63, 3.8) is 0 Å². The Balaban J connectivity index is 4.41. The van der Waals surface area contributed by atoms with E-state index in [1.54, 1.807) is 6.08 Å². The van der Waals surface area contributed by atoms with Gasteiger partial charge >= 0.3 is 17.9 Å². The number of carbonyl (C=O) groups is 3. The minimum absolute atomic E-state index is 0.115. The predicted molar refractivity (Wildman–Crippen MR) is 343 cm³/mol. The second-order valence-electron chi connectivity index (χ2n) is 21.3. The number of rotatable bonds is 58.